The molecule has 0 bridgehead atoms. The summed E-state index contributed by atoms with van der Waals surface area (Å²) in [6, 6.07) is 6.10. The maximum Gasteiger partial charge on any atom is 0.248 e. The van der Waals surface area contributed by atoms with Crippen molar-refractivity contribution < 1.29 is 18.7 Å². The van der Waals surface area contributed by atoms with Crippen LogP contribution in [0.25, 0.3) is 0 Å². The summed E-state index contributed by atoms with van der Waals surface area (Å²) < 4.78 is 18.3. The third kappa shape index (κ3) is 5.32. The minimum Gasteiger partial charge on any atom is -0.372 e. The number of benzene rings is 1. The van der Waals surface area contributed by atoms with Crippen LogP contribution in [0.5, 0.6) is 0 Å². The van der Waals surface area contributed by atoms with Gasteiger partial charge < -0.3 is 14.5 Å². The van der Waals surface area contributed by atoms with Gasteiger partial charge in [0, 0.05) is 32.8 Å². The Bertz CT molecular complexity index is 550. The quantitative estimate of drug-likeness (QED) is 0.825. The maximum absolute atomic E-state index is 13.2. The van der Waals surface area contributed by atoms with Gasteiger partial charge in [-0.2, -0.15) is 0 Å². The highest BCUT2D eigenvalue weighted by atomic mass is 19.1. The van der Waals surface area contributed by atoms with Gasteiger partial charge in [-0.25, -0.2) is 4.39 Å². The van der Waals surface area contributed by atoms with Crippen molar-refractivity contribution in [3.05, 3.63) is 35.6 Å². The molecule has 126 valence electrons. The van der Waals surface area contributed by atoms with Gasteiger partial charge in [-0.3, -0.25) is 9.59 Å². The van der Waals surface area contributed by atoms with E-state index in [4.69, 9.17) is 4.74 Å². The van der Waals surface area contributed by atoms with E-state index in [1.807, 2.05) is 6.92 Å². The van der Waals surface area contributed by atoms with Gasteiger partial charge in [0.15, 0.2) is 0 Å². The molecule has 0 radical (unpaired) electrons. The Morgan fingerprint density at radius 3 is 2.48 bits per heavy atom. The highest BCUT2D eigenvalue weighted by molar-refractivity contribution is 5.79. The van der Waals surface area contributed by atoms with Crippen molar-refractivity contribution in [2.24, 2.45) is 0 Å². The molecule has 1 fully saturated rings. The highest BCUT2D eigenvalue weighted by Gasteiger charge is 2.22. The number of carbonyl (C=O) groups is 2. The summed E-state index contributed by atoms with van der Waals surface area (Å²) in [5, 5.41) is 0. The maximum atomic E-state index is 13.2. The number of amides is 2. The van der Waals surface area contributed by atoms with Gasteiger partial charge >= 0.3 is 0 Å². The average Bonchev–Trinajstić information content (AvgIpc) is 2.78. The second kappa shape index (κ2) is 8.62. The van der Waals surface area contributed by atoms with E-state index >= 15 is 0 Å². The summed E-state index contributed by atoms with van der Waals surface area (Å²) in [7, 11) is 0. The first kappa shape index (κ1) is 17.4. The minimum absolute atomic E-state index is 0.0327. The van der Waals surface area contributed by atoms with Gasteiger partial charge in [0.05, 0.1) is 6.42 Å². The van der Waals surface area contributed by atoms with Crippen LogP contribution in [-0.2, 0) is 20.7 Å². The molecular weight excluding hydrogens is 299 g/mol. The first-order valence-electron chi connectivity index (χ1n) is 7.98. The fourth-order valence-electron chi connectivity index (χ4n) is 2.63. The summed E-state index contributed by atoms with van der Waals surface area (Å²) in [5.74, 6) is -0.403. The van der Waals surface area contributed by atoms with Gasteiger partial charge in [-0.1, -0.05) is 12.1 Å². The fraction of sp³-hybridized carbons (Fsp3) is 0.529. The van der Waals surface area contributed by atoms with Crippen LogP contribution in [0.15, 0.2) is 24.3 Å². The molecule has 1 saturated heterocycles. The van der Waals surface area contributed by atoms with Crippen LogP contribution < -0.4 is 0 Å². The van der Waals surface area contributed by atoms with Crippen molar-refractivity contribution in [3.8, 4) is 0 Å². The molecule has 1 aromatic carbocycles. The lowest BCUT2D eigenvalue weighted by Gasteiger charge is -2.22. The molecule has 1 heterocycles. The molecular formula is C17H23FN2O3. The zero-order chi connectivity index (χ0) is 16.7. The lowest BCUT2D eigenvalue weighted by atomic mass is 10.1. The molecule has 0 atom stereocenters. The number of carbonyl (C=O) groups excluding carboxylic acids is 2. The summed E-state index contributed by atoms with van der Waals surface area (Å²) in [4.78, 5) is 27.8. The lowest BCUT2D eigenvalue weighted by Crippen LogP contribution is -2.39. The molecule has 1 aliphatic heterocycles. The molecule has 0 N–H and O–H groups in total. The van der Waals surface area contributed by atoms with Gasteiger partial charge in [0.2, 0.25) is 11.8 Å². The second-order valence-corrected chi connectivity index (χ2v) is 5.56. The summed E-state index contributed by atoms with van der Waals surface area (Å²) >= 11 is 0. The first-order chi connectivity index (χ1) is 11.1. The largest absolute Gasteiger partial charge is 0.372 e. The zero-order valence-corrected chi connectivity index (χ0v) is 13.5. The predicted molar refractivity (Wildman–Crippen MR) is 84.4 cm³/mol. The minimum atomic E-state index is -0.334. The molecule has 2 amide bonds. The molecule has 23 heavy (non-hydrogen) atoms. The number of nitrogens with zero attached hydrogens (tertiary/aromatic N) is 2. The summed E-state index contributed by atoms with van der Waals surface area (Å²) in [6.07, 6.45) is 0.928. The molecule has 6 heteroatoms. The van der Waals surface area contributed by atoms with E-state index < -0.39 is 0 Å². The molecule has 1 aliphatic rings. The smallest absolute Gasteiger partial charge is 0.248 e. The van der Waals surface area contributed by atoms with Crippen LogP contribution in [0, 0.1) is 5.82 Å². The number of ether oxygens (including phenoxy) is 1. The molecule has 1 aromatic rings. The molecule has 0 aromatic heterocycles. The van der Waals surface area contributed by atoms with Gasteiger partial charge in [0.25, 0.3) is 0 Å². The van der Waals surface area contributed by atoms with Crippen molar-refractivity contribution >= 4 is 11.8 Å². The van der Waals surface area contributed by atoms with Crippen LogP contribution in [0.1, 0.15) is 18.9 Å². The SMILES string of the molecule is CCOCC(=O)N1CCCN(C(=O)Cc2cccc(F)c2)CC1. The topological polar surface area (TPSA) is 49.9 Å². The van der Waals surface area contributed by atoms with E-state index in [0.717, 1.165) is 6.42 Å². The number of halogens is 1. The van der Waals surface area contributed by atoms with Crippen LogP contribution in [-0.4, -0.2) is 61.0 Å². The third-order valence-electron chi connectivity index (χ3n) is 3.88. The Hall–Kier alpha value is -1.95. The second-order valence-electron chi connectivity index (χ2n) is 5.56. The predicted octanol–water partition coefficient (Wildman–Crippen LogP) is 1.47. The Labute approximate surface area is 136 Å². The van der Waals surface area contributed by atoms with Crippen LogP contribution in [0.3, 0.4) is 0 Å². The van der Waals surface area contributed by atoms with E-state index in [2.05, 4.69) is 0 Å². The number of rotatable bonds is 5. The molecule has 5 nitrogen and oxygen atoms in total. The van der Waals surface area contributed by atoms with Gasteiger partial charge in [-0.15, -0.1) is 0 Å². The van der Waals surface area contributed by atoms with E-state index in [1.54, 1.807) is 21.9 Å². The van der Waals surface area contributed by atoms with Crippen molar-refractivity contribution in [1.82, 2.24) is 9.80 Å². The van der Waals surface area contributed by atoms with Gasteiger partial charge in [-0.05, 0) is 31.0 Å². The fourth-order valence-corrected chi connectivity index (χ4v) is 2.63. The monoisotopic (exact) mass is 322 g/mol. The van der Waals surface area contributed by atoms with Crippen molar-refractivity contribution in [2.75, 3.05) is 39.4 Å². The zero-order valence-electron chi connectivity index (χ0n) is 13.5. The molecule has 0 saturated carbocycles. The van der Waals surface area contributed by atoms with Crippen LogP contribution in [0.2, 0.25) is 0 Å². The van der Waals surface area contributed by atoms with Crippen LogP contribution in [0.4, 0.5) is 4.39 Å². The first-order valence-corrected chi connectivity index (χ1v) is 7.98. The Morgan fingerprint density at radius 1 is 1.13 bits per heavy atom. The molecule has 0 spiro atoms. The summed E-state index contributed by atoms with van der Waals surface area (Å²) in [6.45, 7) is 4.73. The Kier molecular flexibility index (Phi) is 6.52. The van der Waals surface area contributed by atoms with Crippen molar-refractivity contribution in [1.29, 1.82) is 0 Å². The molecule has 2 rings (SSSR count). The number of hydrogen-bond donors (Lipinski definition) is 0. The van der Waals surface area contributed by atoms with E-state index in [-0.39, 0.29) is 30.7 Å². The van der Waals surface area contributed by atoms with Gasteiger partial charge in [0.1, 0.15) is 12.4 Å². The highest BCUT2D eigenvalue weighted by Crippen LogP contribution is 2.09. The third-order valence-corrected chi connectivity index (χ3v) is 3.88. The molecule has 0 unspecified atom stereocenters. The summed E-state index contributed by atoms with van der Waals surface area (Å²) in [5.41, 5.74) is 0.670. The van der Waals surface area contributed by atoms with Crippen molar-refractivity contribution in [2.45, 2.75) is 19.8 Å². The lowest BCUT2D eigenvalue weighted by molar-refractivity contribution is -0.136. The Morgan fingerprint density at radius 2 is 1.83 bits per heavy atom. The Balaban J connectivity index is 1.87. The van der Waals surface area contributed by atoms with E-state index in [1.165, 1.54) is 12.1 Å². The number of hydrogen-bond acceptors (Lipinski definition) is 3. The standard InChI is InChI=1S/C17H23FN2O3/c1-2-23-13-17(22)20-8-4-7-19(9-10-20)16(21)12-14-5-3-6-15(18)11-14/h3,5-6,11H,2,4,7-10,12-13H2,1H3. The average molecular weight is 322 g/mol. The van der Waals surface area contributed by atoms with Crippen molar-refractivity contribution in [3.63, 3.8) is 0 Å². The van der Waals surface area contributed by atoms with Crippen LogP contribution >= 0.6 is 0 Å². The molecule has 0 aliphatic carbocycles. The van der Waals surface area contributed by atoms with E-state index in [0.29, 0.717) is 38.3 Å². The normalized spacial score (nSPS) is 15.4. The van der Waals surface area contributed by atoms with E-state index in [9.17, 15) is 14.0 Å².